The normalized spacial score (nSPS) is 14.0. The fraction of sp³-hybridized carbons (Fsp3) is 0.500. The summed E-state index contributed by atoms with van der Waals surface area (Å²) in [5.41, 5.74) is 1.15. The van der Waals surface area contributed by atoms with Crippen LogP contribution in [0.4, 0.5) is 0 Å². The van der Waals surface area contributed by atoms with Gasteiger partial charge in [-0.2, -0.15) is 0 Å². The second kappa shape index (κ2) is 5.07. The van der Waals surface area contributed by atoms with E-state index in [1.807, 2.05) is 18.2 Å². The molecule has 1 aromatic carbocycles. The van der Waals surface area contributed by atoms with E-state index in [2.05, 4.69) is 36.7 Å². The highest BCUT2D eigenvalue weighted by atomic mass is 79.9. The molecule has 1 unspecified atom stereocenters. The Labute approximate surface area is 110 Å². The molecule has 15 heavy (non-hydrogen) atoms. The fourth-order valence-corrected chi connectivity index (χ4v) is 3.18. The first-order valence-electron chi connectivity index (χ1n) is 4.92. The molecular weight excluding hydrogens is 295 g/mol. The molecule has 0 heterocycles. The van der Waals surface area contributed by atoms with Gasteiger partial charge in [-0.05, 0) is 35.6 Å². The van der Waals surface area contributed by atoms with E-state index in [9.17, 15) is 0 Å². The lowest BCUT2D eigenvalue weighted by atomic mass is 9.81. The van der Waals surface area contributed by atoms with Crippen molar-refractivity contribution in [3.8, 4) is 0 Å². The zero-order valence-corrected chi connectivity index (χ0v) is 12.2. The Morgan fingerprint density at radius 2 is 1.93 bits per heavy atom. The van der Waals surface area contributed by atoms with Crippen LogP contribution in [0.5, 0.6) is 0 Å². The van der Waals surface area contributed by atoms with Gasteiger partial charge in [0, 0.05) is 14.9 Å². The summed E-state index contributed by atoms with van der Waals surface area (Å²) in [5, 5.41) is 1.53. The summed E-state index contributed by atoms with van der Waals surface area (Å²) < 4.78 is 0. The molecule has 0 amide bonds. The van der Waals surface area contributed by atoms with Crippen LogP contribution in [0.3, 0.4) is 0 Å². The second-order valence-corrected chi connectivity index (χ2v) is 6.90. The minimum absolute atomic E-state index is 0.0326. The smallest absolute Gasteiger partial charge is 0.0444 e. The third-order valence-electron chi connectivity index (χ3n) is 2.45. The summed E-state index contributed by atoms with van der Waals surface area (Å²) in [5.74, 6) is 0. The maximum Gasteiger partial charge on any atom is 0.0444 e. The van der Waals surface area contributed by atoms with Crippen LogP contribution in [0.25, 0.3) is 0 Å². The predicted molar refractivity (Wildman–Crippen MR) is 72.5 cm³/mol. The average molecular weight is 310 g/mol. The molecule has 0 radical (unpaired) electrons. The van der Waals surface area contributed by atoms with Crippen molar-refractivity contribution in [3.63, 3.8) is 0 Å². The molecule has 1 aromatic rings. The van der Waals surface area contributed by atoms with Gasteiger partial charge in [-0.15, -0.1) is 0 Å². The van der Waals surface area contributed by atoms with E-state index in [0.29, 0.717) is 4.83 Å². The largest absolute Gasteiger partial charge is 0.0893 e. The Hall–Kier alpha value is 0.280. The van der Waals surface area contributed by atoms with Gasteiger partial charge in [0.05, 0.1) is 0 Å². The summed E-state index contributed by atoms with van der Waals surface area (Å²) in [6, 6.07) is 5.64. The molecule has 0 nitrogen and oxygen atoms in total. The van der Waals surface area contributed by atoms with Gasteiger partial charge >= 0.3 is 0 Å². The zero-order chi connectivity index (χ0) is 11.6. The molecule has 0 aromatic heterocycles. The molecule has 0 bridgehead atoms. The third kappa shape index (κ3) is 3.65. The average Bonchev–Trinajstić information content (AvgIpc) is 2.06. The molecule has 0 spiro atoms. The van der Waals surface area contributed by atoms with Crippen molar-refractivity contribution in [1.82, 2.24) is 0 Å². The number of rotatable bonds is 3. The summed E-state index contributed by atoms with van der Waals surface area (Å²) in [6.45, 7) is 6.50. The summed E-state index contributed by atoms with van der Waals surface area (Å²) in [4.78, 5) is 0.461. The van der Waals surface area contributed by atoms with Gasteiger partial charge in [0.2, 0.25) is 0 Å². The monoisotopic (exact) mass is 308 g/mol. The second-order valence-electron chi connectivity index (χ2n) is 4.49. The van der Waals surface area contributed by atoms with Crippen molar-refractivity contribution < 1.29 is 0 Å². The van der Waals surface area contributed by atoms with Gasteiger partial charge < -0.3 is 0 Å². The first-order chi connectivity index (χ1) is 6.83. The summed E-state index contributed by atoms with van der Waals surface area (Å²) in [6.07, 6.45) is 1.02. The van der Waals surface area contributed by atoms with E-state index < -0.39 is 0 Å². The molecule has 3 heteroatoms. The van der Waals surface area contributed by atoms with Crippen molar-refractivity contribution in [2.75, 3.05) is 0 Å². The van der Waals surface area contributed by atoms with Crippen LogP contribution in [-0.4, -0.2) is 4.83 Å². The van der Waals surface area contributed by atoms with Gasteiger partial charge in [0.15, 0.2) is 0 Å². The van der Waals surface area contributed by atoms with Crippen LogP contribution in [0.15, 0.2) is 18.2 Å². The highest BCUT2D eigenvalue weighted by molar-refractivity contribution is 9.09. The standard InChI is InChI=1S/C12H15BrCl2/c1-8(13)7-12(2,3)10-6-9(14)4-5-11(10)15/h4-6,8H,7H2,1-3H3. The molecule has 1 rings (SSSR count). The number of hydrogen-bond donors (Lipinski definition) is 0. The van der Waals surface area contributed by atoms with E-state index in [1.54, 1.807) is 0 Å². The Bertz CT molecular complexity index is 345. The summed E-state index contributed by atoms with van der Waals surface area (Å²) in [7, 11) is 0. The maximum absolute atomic E-state index is 6.19. The molecule has 0 saturated carbocycles. The maximum atomic E-state index is 6.19. The van der Waals surface area contributed by atoms with Crippen molar-refractivity contribution in [2.45, 2.75) is 37.4 Å². The van der Waals surface area contributed by atoms with Crippen LogP contribution >= 0.6 is 39.1 Å². The molecular formula is C12H15BrCl2. The number of hydrogen-bond acceptors (Lipinski definition) is 0. The Kier molecular flexibility index (Phi) is 4.51. The summed E-state index contributed by atoms with van der Waals surface area (Å²) >= 11 is 15.8. The lowest BCUT2D eigenvalue weighted by Crippen LogP contribution is -2.21. The molecule has 84 valence electrons. The van der Waals surface area contributed by atoms with Crippen molar-refractivity contribution >= 4 is 39.1 Å². The predicted octanol–water partition coefficient (Wildman–Crippen LogP) is 5.44. The van der Waals surface area contributed by atoms with E-state index in [4.69, 9.17) is 23.2 Å². The third-order valence-corrected chi connectivity index (χ3v) is 3.34. The zero-order valence-electron chi connectivity index (χ0n) is 9.15. The van der Waals surface area contributed by atoms with E-state index in [-0.39, 0.29) is 5.41 Å². The first-order valence-corrected chi connectivity index (χ1v) is 6.59. The van der Waals surface area contributed by atoms with E-state index in [0.717, 1.165) is 22.0 Å². The van der Waals surface area contributed by atoms with Gasteiger partial charge in [-0.3, -0.25) is 0 Å². The van der Waals surface area contributed by atoms with Crippen LogP contribution in [-0.2, 0) is 5.41 Å². The lowest BCUT2D eigenvalue weighted by molar-refractivity contribution is 0.482. The van der Waals surface area contributed by atoms with E-state index >= 15 is 0 Å². The van der Waals surface area contributed by atoms with Gasteiger partial charge in [0.25, 0.3) is 0 Å². The minimum atomic E-state index is 0.0326. The molecule has 0 aliphatic carbocycles. The van der Waals surface area contributed by atoms with Crippen molar-refractivity contribution in [3.05, 3.63) is 33.8 Å². The minimum Gasteiger partial charge on any atom is -0.0893 e. The molecule has 0 saturated heterocycles. The van der Waals surface area contributed by atoms with Crippen LogP contribution < -0.4 is 0 Å². The molecule has 0 fully saturated rings. The number of halogens is 3. The molecule has 0 aliphatic heterocycles. The molecule has 0 aliphatic rings. The van der Waals surface area contributed by atoms with Crippen molar-refractivity contribution in [1.29, 1.82) is 0 Å². The SMILES string of the molecule is CC(Br)CC(C)(C)c1cc(Cl)ccc1Cl. The van der Waals surface area contributed by atoms with Gasteiger partial charge in [-0.25, -0.2) is 0 Å². The highest BCUT2D eigenvalue weighted by Gasteiger charge is 2.25. The first kappa shape index (κ1) is 13.3. The van der Waals surface area contributed by atoms with Crippen molar-refractivity contribution in [2.24, 2.45) is 0 Å². The molecule has 0 N–H and O–H groups in total. The van der Waals surface area contributed by atoms with Crippen LogP contribution in [0.2, 0.25) is 10.0 Å². The van der Waals surface area contributed by atoms with Gasteiger partial charge in [-0.1, -0.05) is 59.9 Å². The fourth-order valence-electron chi connectivity index (χ4n) is 1.83. The molecule has 1 atom stereocenters. The van der Waals surface area contributed by atoms with E-state index in [1.165, 1.54) is 0 Å². The van der Waals surface area contributed by atoms with Crippen LogP contribution in [0.1, 0.15) is 32.8 Å². The Morgan fingerprint density at radius 1 is 1.33 bits per heavy atom. The van der Waals surface area contributed by atoms with Crippen LogP contribution in [0, 0.1) is 0 Å². The highest BCUT2D eigenvalue weighted by Crippen LogP contribution is 2.36. The quantitative estimate of drug-likeness (QED) is 0.652. The van der Waals surface area contributed by atoms with Gasteiger partial charge in [0.1, 0.15) is 0 Å². The topological polar surface area (TPSA) is 0 Å². The number of alkyl halides is 1. The Morgan fingerprint density at radius 3 is 2.47 bits per heavy atom. The number of benzene rings is 1. The Balaban J connectivity index is 3.08. The lowest BCUT2D eigenvalue weighted by Gasteiger charge is -2.27.